The summed E-state index contributed by atoms with van der Waals surface area (Å²) in [6.45, 7) is 1.76. The third kappa shape index (κ3) is 2.36. The van der Waals surface area contributed by atoms with E-state index in [0.29, 0.717) is 29.1 Å². The zero-order valence-electron chi connectivity index (χ0n) is 11.0. The number of carbonyl (C=O) groups is 1. The fourth-order valence-electron chi connectivity index (χ4n) is 2.34. The van der Waals surface area contributed by atoms with Gasteiger partial charge in [0, 0.05) is 12.0 Å². The molecule has 104 valence electrons. The molecule has 1 aromatic carbocycles. The first kappa shape index (κ1) is 13.6. The Morgan fingerprint density at radius 1 is 1.37 bits per heavy atom. The van der Waals surface area contributed by atoms with E-state index in [9.17, 15) is 9.90 Å². The third-order valence-electron chi connectivity index (χ3n) is 3.07. The number of aliphatic hydroxyl groups is 1. The van der Waals surface area contributed by atoms with Gasteiger partial charge >= 0.3 is 0 Å². The van der Waals surface area contributed by atoms with Crippen LogP contribution in [0.5, 0.6) is 11.5 Å². The molecule has 0 fully saturated rings. The lowest BCUT2D eigenvalue weighted by Gasteiger charge is -2.36. The normalized spacial score (nSPS) is 25.4. The van der Waals surface area contributed by atoms with Gasteiger partial charge in [-0.1, -0.05) is 0 Å². The number of fused-ring (bicyclic) bond motifs is 1. The molecule has 0 aromatic heterocycles. The minimum Gasteiger partial charge on any atom is -0.496 e. The summed E-state index contributed by atoms with van der Waals surface area (Å²) in [6, 6.07) is 3.42. The van der Waals surface area contributed by atoms with Crippen LogP contribution < -0.4 is 9.47 Å². The Hall–Kier alpha value is -1.79. The Labute approximate surface area is 110 Å². The minimum absolute atomic E-state index is 0.282. The molecule has 6 heteroatoms. The second-order valence-corrected chi connectivity index (χ2v) is 4.29. The molecule has 2 unspecified atom stereocenters. The van der Waals surface area contributed by atoms with E-state index in [2.05, 4.69) is 0 Å². The molecule has 0 amide bonds. The molecule has 1 aliphatic rings. The number of hydrogen-bond acceptors (Lipinski definition) is 6. The van der Waals surface area contributed by atoms with E-state index in [0.717, 1.165) is 0 Å². The lowest BCUT2D eigenvalue weighted by Crippen LogP contribution is -2.39. The molecule has 19 heavy (non-hydrogen) atoms. The van der Waals surface area contributed by atoms with Gasteiger partial charge in [0.2, 0.25) is 6.29 Å². The molecule has 1 heterocycles. The van der Waals surface area contributed by atoms with Crippen LogP contribution in [0, 0.1) is 0 Å². The van der Waals surface area contributed by atoms with Crippen molar-refractivity contribution >= 4 is 6.47 Å². The Kier molecular flexibility index (Phi) is 3.64. The molecule has 0 spiro atoms. The maximum Gasteiger partial charge on any atom is 0.295 e. The Morgan fingerprint density at radius 3 is 2.58 bits per heavy atom. The topological polar surface area (TPSA) is 74.2 Å². The smallest absolute Gasteiger partial charge is 0.295 e. The molecule has 0 aliphatic carbocycles. The van der Waals surface area contributed by atoms with Crippen LogP contribution in [0.1, 0.15) is 18.1 Å². The summed E-state index contributed by atoms with van der Waals surface area (Å²) in [5.41, 5.74) is 1.19. The first-order valence-corrected chi connectivity index (χ1v) is 5.77. The molecule has 0 saturated heterocycles. The maximum absolute atomic E-state index is 10.4. The van der Waals surface area contributed by atoms with Crippen molar-refractivity contribution in [3.63, 3.8) is 0 Å². The van der Waals surface area contributed by atoms with Gasteiger partial charge in [-0.2, -0.15) is 0 Å². The zero-order valence-corrected chi connectivity index (χ0v) is 11.0. The van der Waals surface area contributed by atoms with Gasteiger partial charge in [0.25, 0.3) is 6.47 Å². The van der Waals surface area contributed by atoms with Crippen molar-refractivity contribution in [3.8, 4) is 11.5 Å². The number of hydrogen-bond donors (Lipinski definition) is 1. The number of methoxy groups -OCH3 is 2. The standard InChI is InChI=1S/C13H16O6/c1-13(15)12-8(6-11(19-13)18-7-14)9(16-2)4-5-10(12)17-3/h4-5,7,11,15H,6H2,1-3H3. The summed E-state index contributed by atoms with van der Waals surface area (Å²) in [6.07, 6.45) is -0.578. The van der Waals surface area contributed by atoms with Crippen LogP contribution in [0.4, 0.5) is 0 Å². The molecule has 0 saturated carbocycles. The summed E-state index contributed by atoms with van der Waals surface area (Å²) in [5.74, 6) is -0.551. The highest BCUT2D eigenvalue weighted by molar-refractivity contribution is 5.52. The van der Waals surface area contributed by atoms with Crippen molar-refractivity contribution in [2.24, 2.45) is 0 Å². The molecule has 1 N–H and O–H groups in total. The molecule has 1 aromatic rings. The Balaban J connectivity index is 2.56. The minimum atomic E-state index is -1.62. The van der Waals surface area contributed by atoms with Crippen LogP contribution in [0.25, 0.3) is 0 Å². The van der Waals surface area contributed by atoms with Gasteiger partial charge < -0.3 is 24.1 Å². The van der Waals surface area contributed by atoms with Crippen LogP contribution in [0.2, 0.25) is 0 Å². The number of carbonyl (C=O) groups excluding carboxylic acids is 1. The van der Waals surface area contributed by atoms with Crippen molar-refractivity contribution in [1.82, 2.24) is 0 Å². The Morgan fingerprint density at radius 2 is 2.00 bits per heavy atom. The number of benzene rings is 1. The van der Waals surface area contributed by atoms with Crippen molar-refractivity contribution < 1.29 is 28.8 Å². The molecular weight excluding hydrogens is 252 g/mol. The number of ether oxygens (including phenoxy) is 4. The molecule has 2 rings (SSSR count). The second-order valence-electron chi connectivity index (χ2n) is 4.29. The van der Waals surface area contributed by atoms with Gasteiger partial charge in [-0.05, 0) is 19.1 Å². The van der Waals surface area contributed by atoms with Crippen LogP contribution in [-0.2, 0) is 26.5 Å². The van der Waals surface area contributed by atoms with E-state index in [1.807, 2.05) is 0 Å². The summed E-state index contributed by atoms with van der Waals surface area (Å²) in [7, 11) is 3.04. The van der Waals surface area contributed by atoms with Gasteiger partial charge in [0.05, 0.1) is 19.8 Å². The van der Waals surface area contributed by atoms with Crippen molar-refractivity contribution in [2.75, 3.05) is 14.2 Å². The Bertz CT molecular complexity index is 482. The van der Waals surface area contributed by atoms with Crippen LogP contribution in [0.3, 0.4) is 0 Å². The largest absolute Gasteiger partial charge is 0.496 e. The average molecular weight is 268 g/mol. The third-order valence-corrected chi connectivity index (χ3v) is 3.07. The second kappa shape index (κ2) is 5.07. The van der Waals surface area contributed by atoms with Gasteiger partial charge in [-0.3, -0.25) is 4.79 Å². The van der Waals surface area contributed by atoms with Crippen LogP contribution in [-0.4, -0.2) is 32.1 Å². The van der Waals surface area contributed by atoms with Crippen LogP contribution in [0.15, 0.2) is 12.1 Å². The quantitative estimate of drug-likeness (QED) is 0.819. The van der Waals surface area contributed by atoms with E-state index in [-0.39, 0.29) is 6.42 Å². The maximum atomic E-state index is 10.4. The molecular formula is C13H16O6. The highest BCUT2D eigenvalue weighted by Gasteiger charge is 2.41. The van der Waals surface area contributed by atoms with E-state index in [4.69, 9.17) is 18.9 Å². The lowest BCUT2D eigenvalue weighted by atomic mass is 9.93. The monoisotopic (exact) mass is 268 g/mol. The van der Waals surface area contributed by atoms with Crippen molar-refractivity contribution in [3.05, 3.63) is 23.3 Å². The van der Waals surface area contributed by atoms with Gasteiger partial charge in [-0.25, -0.2) is 0 Å². The van der Waals surface area contributed by atoms with E-state index in [1.54, 1.807) is 12.1 Å². The van der Waals surface area contributed by atoms with E-state index in [1.165, 1.54) is 21.1 Å². The summed E-state index contributed by atoms with van der Waals surface area (Å²) < 4.78 is 20.6. The van der Waals surface area contributed by atoms with E-state index < -0.39 is 12.1 Å². The first-order valence-electron chi connectivity index (χ1n) is 5.77. The number of rotatable bonds is 4. The van der Waals surface area contributed by atoms with Gasteiger partial charge in [0.1, 0.15) is 11.5 Å². The van der Waals surface area contributed by atoms with Gasteiger partial charge in [0.15, 0.2) is 5.79 Å². The zero-order chi connectivity index (χ0) is 14.0. The fourth-order valence-corrected chi connectivity index (χ4v) is 2.34. The first-order chi connectivity index (χ1) is 9.03. The SMILES string of the molecule is COc1ccc(OC)c2c1CC(OC=O)OC2(C)O. The summed E-state index contributed by atoms with van der Waals surface area (Å²) in [4.78, 5) is 10.4. The van der Waals surface area contributed by atoms with E-state index >= 15 is 0 Å². The molecule has 1 aliphatic heterocycles. The van der Waals surface area contributed by atoms with Crippen LogP contribution >= 0.6 is 0 Å². The van der Waals surface area contributed by atoms with Gasteiger partial charge in [-0.15, -0.1) is 0 Å². The fraction of sp³-hybridized carbons (Fsp3) is 0.462. The molecule has 2 atom stereocenters. The molecule has 0 bridgehead atoms. The predicted octanol–water partition coefficient (Wildman–Crippen LogP) is 0.941. The lowest BCUT2D eigenvalue weighted by molar-refractivity contribution is -0.287. The van der Waals surface area contributed by atoms with Crippen molar-refractivity contribution in [1.29, 1.82) is 0 Å². The summed E-state index contributed by atoms with van der Waals surface area (Å²) in [5, 5.41) is 10.4. The highest BCUT2D eigenvalue weighted by Crippen LogP contribution is 2.43. The average Bonchev–Trinajstić information content (AvgIpc) is 2.37. The molecule has 6 nitrogen and oxygen atoms in total. The van der Waals surface area contributed by atoms with Crippen molar-refractivity contribution in [2.45, 2.75) is 25.4 Å². The summed E-state index contributed by atoms with van der Waals surface area (Å²) >= 11 is 0. The highest BCUT2D eigenvalue weighted by atomic mass is 16.7. The molecule has 0 radical (unpaired) electrons. The predicted molar refractivity (Wildman–Crippen MR) is 64.8 cm³/mol.